The number of ether oxygens (including phenoxy) is 1. The van der Waals surface area contributed by atoms with Gasteiger partial charge >= 0.3 is 0 Å². The number of carbonyl (C=O) groups excluding carboxylic acids is 1. The van der Waals surface area contributed by atoms with Crippen LogP contribution in [0.5, 0.6) is 5.88 Å². The van der Waals surface area contributed by atoms with E-state index in [1.807, 2.05) is 29.2 Å². The van der Waals surface area contributed by atoms with Gasteiger partial charge in [-0.15, -0.1) is 0 Å². The molecule has 20 heavy (non-hydrogen) atoms. The Labute approximate surface area is 116 Å². The quantitative estimate of drug-likeness (QED) is 0.368. The maximum absolute atomic E-state index is 11.0. The number of hydrogen-bond donors (Lipinski definition) is 2. The second-order valence-electron chi connectivity index (χ2n) is 4.03. The Kier molecular flexibility index (Phi) is 4.11. The zero-order valence-corrected chi connectivity index (χ0v) is 11.2. The van der Waals surface area contributed by atoms with Crippen LogP contribution in [0.25, 0.3) is 11.8 Å². The molecule has 0 aliphatic carbocycles. The molecular weight excluding hydrogens is 258 g/mol. The van der Waals surface area contributed by atoms with Crippen LogP contribution in [0, 0.1) is 6.92 Å². The fourth-order valence-corrected chi connectivity index (χ4v) is 1.65. The van der Waals surface area contributed by atoms with Gasteiger partial charge in [0.05, 0.1) is 24.8 Å². The van der Waals surface area contributed by atoms with Crippen LogP contribution < -0.4 is 16.0 Å². The lowest BCUT2D eigenvalue weighted by molar-refractivity contribution is -0.116. The van der Waals surface area contributed by atoms with Crippen LogP contribution >= 0.6 is 0 Å². The van der Waals surface area contributed by atoms with Crippen molar-refractivity contribution >= 4 is 12.0 Å². The number of carbonyl (C=O) groups is 1. The van der Waals surface area contributed by atoms with Gasteiger partial charge in [0, 0.05) is 12.3 Å². The third kappa shape index (κ3) is 3.01. The molecule has 7 nitrogen and oxygen atoms in total. The Morgan fingerprint density at radius 2 is 2.30 bits per heavy atom. The molecule has 0 spiro atoms. The minimum Gasteiger partial charge on any atom is -0.479 e. The van der Waals surface area contributed by atoms with Gasteiger partial charge in [0.15, 0.2) is 0 Å². The largest absolute Gasteiger partial charge is 0.479 e. The van der Waals surface area contributed by atoms with E-state index in [0.29, 0.717) is 11.6 Å². The highest BCUT2D eigenvalue weighted by Crippen LogP contribution is 2.21. The first-order valence-corrected chi connectivity index (χ1v) is 5.88. The fourth-order valence-electron chi connectivity index (χ4n) is 1.65. The lowest BCUT2D eigenvalue weighted by atomic mass is 10.3. The van der Waals surface area contributed by atoms with Crippen molar-refractivity contribution in [3.8, 4) is 11.6 Å². The lowest BCUT2D eigenvalue weighted by Gasteiger charge is -2.08. The summed E-state index contributed by atoms with van der Waals surface area (Å²) in [5.41, 5.74) is 4.27. The van der Waals surface area contributed by atoms with Crippen molar-refractivity contribution in [3.63, 3.8) is 0 Å². The molecule has 0 atom stereocenters. The van der Waals surface area contributed by atoms with Crippen LogP contribution in [0.15, 0.2) is 30.7 Å². The molecule has 2 heterocycles. The number of nitrogens with one attached hydrogen (secondary N) is 1. The van der Waals surface area contributed by atoms with Crippen LogP contribution in [0.1, 0.15) is 11.4 Å². The maximum Gasteiger partial charge on any atom is 0.257 e. The van der Waals surface area contributed by atoms with Gasteiger partial charge in [-0.1, -0.05) is 0 Å². The fraction of sp³-hybridized carbons (Fsp3) is 0.154. The summed E-state index contributed by atoms with van der Waals surface area (Å²) in [6, 6.07) is 3.61. The number of methoxy groups -OCH3 is 1. The molecule has 2 aromatic heterocycles. The highest BCUT2D eigenvalue weighted by molar-refractivity contribution is 5.90. The van der Waals surface area contributed by atoms with Gasteiger partial charge in [0.2, 0.25) is 5.88 Å². The van der Waals surface area contributed by atoms with E-state index in [1.54, 1.807) is 18.5 Å². The summed E-state index contributed by atoms with van der Waals surface area (Å²) in [6.45, 7) is 1.90. The number of aryl methyl sites for hydroxylation is 1. The smallest absolute Gasteiger partial charge is 0.257 e. The first kappa shape index (κ1) is 13.8. The maximum atomic E-state index is 11.0. The molecule has 0 aliphatic heterocycles. The average Bonchev–Trinajstić information content (AvgIpc) is 2.90. The van der Waals surface area contributed by atoms with Gasteiger partial charge in [0.1, 0.15) is 5.69 Å². The summed E-state index contributed by atoms with van der Waals surface area (Å²) in [5, 5.41) is 0. The highest BCUT2D eigenvalue weighted by Gasteiger charge is 2.08. The van der Waals surface area contributed by atoms with Gasteiger partial charge in [-0.25, -0.2) is 15.8 Å². The van der Waals surface area contributed by atoms with Gasteiger partial charge in [-0.3, -0.25) is 10.2 Å². The number of imidazole rings is 1. The summed E-state index contributed by atoms with van der Waals surface area (Å²) in [7, 11) is 1.54. The minimum atomic E-state index is -0.403. The van der Waals surface area contributed by atoms with Crippen molar-refractivity contribution in [3.05, 3.63) is 42.1 Å². The SMILES string of the molecule is COc1nc(C=CC(=O)NN)ccc1-n1cnc(C)c1. The molecule has 0 saturated heterocycles. The molecule has 2 rings (SSSR count). The minimum absolute atomic E-state index is 0.403. The summed E-state index contributed by atoms with van der Waals surface area (Å²) in [5.74, 6) is 5.03. The predicted molar refractivity (Wildman–Crippen MR) is 74.0 cm³/mol. The molecule has 1 amide bonds. The predicted octanol–water partition coefficient (Wildman–Crippen LogP) is 0.587. The number of rotatable bonds is 4. The summed E-state index contributed by atoms with van der Waals surface area (Å²) in [4.78, 5) is 19.5. The zero-order chi connectivity index (χ0) is 14.5. The van der Waals surface area contributed by atoms with Crippen LogP contribution in [-0.2, 0) is 4.79 Å². The van der Waals surface area contributed by atoms with Gasteiger partial charge in [-0.2, -0.15) is 0 Å². The van der Waals surface area contributed by atoms with E-state index in [1.165, 1.54) is 13.2 Å². The Balaban J connectivity index is 2.33. The third-order valence-electron chi connectivity index (χ3n) is 2.59. The topological polar surface area (TPSA) is 95.1 Å². The van der Waals surface area contributed by atoms with Gasteiger partial charge < -0.3 is 9.30 Å². The molecule has 0 bridgehead atoms. The Hall–Kier alpha value is -2.67. The second-order valence-corrected chi connectivity index (χ2v) is 4.03. The Morgan fingerprint density at radius 3 is 2.90 bits per heavy atom. The van der Waals surface area contributed by atoms with E-state index in [-0.39, 0.29) is 0 Å². The molecule has 0 aliphatic rings. The number of hydrazine groups is 1. The molecule has 0 radical (unpaired) electrons. The molecular formula is C13H15N5O2. The molecule has 3 N–H and O–H groups in total. The van der Waals surface area contributed by atoms with Crippen LogP contribution in [-0.4, -0.2) is 27.6 Å². The highest BCUT2D eigenvalue weighted by atomic mass is 16.5. The van der Waals surface area contributed by atoms with E-state index in [0.717, 1.165) is 11.4 Å². The van der Waals surface area contributed by atoms with Crippen molar-refractivity contribution in [2.75, 3.05) is 7.11 Å². The second kappa shape index (κ2) is 5.98. The zero-order valence-electron chi connectivity index (χ0n) is 11.2. The first-order chi connectivity index (χ1) is 9.63. The standard InChI is InChI=1S/C13H15N5O2/c1-9-7-18(8-15-9)11-5-3-10(16-13(11)20-2)4-6-12(19)17-14/h3-8H,14H2,1-2H3,(H,17,19). The van der Waals surface area contributed by atoms with Crippen LogP contribution in [0.3, 0.4) is 0 Å². The number of pyridine rings is 1. The van der Waals surface area contributed by atoms with Crippen molar-refractivity contribution in [1.82, 2.24) is 20.0 Å². The Morgan fingerprint density at radius 1 is 1.50 bits per heavy atom. The number of nitrogens with zero attached hydrogens (tertiary/aromatic N) is 3. The third-order valence-corrected chi connectivity index (χ3v) is 2.59. The molecule has 0 saturated carbocycles. The van der Waals surface area contributed by atoms with Crippen molar-refractivity contribution < 1.29 is 9.53 Å². The average molecular weight is 273 g/mol. The van der Waals surface area contributed by atoms with Gasteiger partial charge in [-0.05, 0) is 25.1 Å². The van der Waals surface area contributed by atoms with E-state index >= 15 is 0 Å². The molecule has 0 fully saturated rings. The van der Waals surface area contributed by atoms with Crippen molar-refractivity contribution in [2.45, 2.75) is 6.92 Å². The van der Waals surface area contributed by atoms with Crippen molar-refractivity contribution in [1.29, 1.82) is 0 Å². The van der Waals surface area contributed by atoms with E-state index in [4.69, 9.17) is 10.6 Å². The molecule has 7 heteroatoms. The van der Waals surface area contributed by atoms with Crippen LogP contribution in [0.2, 0.25) is 0 Å². The van der Waals surface area contributed by atoms with E-state index in [9.17, 15) is 4.79 Å². The summed E-state index contributed by atoms with van der Waals surface area (Å²) >= 11 is 0. The van der Waals surface area contributed by atoms with Crippen LogP contribution in [0.4, 0.5) is 0 Å². The molecule has 0 unspecified atom stereocenters. The van der Waals surface area contributed by atoms with E-state index in [2.05, 4.69) is 9.97 Å². The lowest BCUT2D eigenvalue weighted by Crippen LogP contribution is -2.27. The number of amides is 1. The molecule has 104 valence electrons. The number of aromatic nitrogens is 3. The number of hydrogen-bond acceptors (Lipinski definition) is 5. The summed E-state index contributed by atoms with van der Waals surface area (Å²) < 4.78 is 7.08. The molecule has 2 aromatic rings. The normalized spacial score (nSPS) is 10.8. The Bertz CT molecular complexity index is 648. The number of nitrogens with two attached hydrogens (primary N) is 1. The van der Waals surface area contributed by atoms with E-state index < -0.39 is 5.91 Å². The first-order valence-electron chi connectivity index (χ1n) is 5.88. The monoisotopic (exact) mass is 273 g/mol. The summed E-state index contributed by atoms with van der Waals surface area (Å²) in [6.07, 6.45) is 6.40. The molecule has 0 aromatic carbocycles. The van der Waals surface area contributed by atoms with Crippen molar-refractivity contribution in [2.24, 2.45) is 5.84 Å². The van der Waals surface area contributed by atoms with Gasteiger partial charge in [0.25, 0.3) is 5.91 Å².